The van der Waals surface area contributed by atoms with Gasteiger partial charge in [-0.25, -0.2) is 12.8 Å². The van der Waals surface area contributed by atoms with Crippen molar-refractivity contribution < 1.29 is 17.6 Å². The molecule has 0 N–H and O–H groups in total. The third-order valence-electron chi connectivity index (χ3n) is 3.50. The fourth-order valence-corrected chi connectivity index (χ4v) is 3.58. The van der Waals surface area contributed by atoms with Crippen LogP contribution in [0.5, 0.6) is 0 Å². The average Bonchev–Trinajstić information content (AvgIpc) is 2.24. The third kappa shape index (κ3) is 2.88. The summed E-state index contributed by atoms with van der Waals surface area (Å²) < 4.78 is 36.7. The van der Waals surface area contributed by atoms with E-state index in [2.05, 4.69) is 0 Å². The minimum absolute atomic E-state index is 0.0834. The van der Waals surface area contributed by atoms with Gasteiger partial charge in [0.25, 0.3) is 0 Å². The van der Waals surface area contributed by atoms with E-state index in [1.165, 1.54) is 17.9 Å². The average molecular weight is 287 g/mol. The van der Waals surface area contributed by atoms with E-state index in [1.807, 2.05) is 0 Å². The number of nitrogens with zero attached hydrogens (tertiary/aromatic N) is 1. The van der Waals surface area contributed by atoms with Crippen molar-refractivity contribution in [3.63, 3.8) is 0 Å². The molecule has 0 aromatic rings. The van der Waals surface area contributed by atoms with E-state index < -0.39 is 15.5 Å². The lowest BCUT2D eigenvalue weighted by Gasteiger charge is -2.42. The maximum Gasteiger partial charge on any atom is 0.250 e. The number of allylic oxidation sites excluding steroid dienone is 2. The molecule has 2 rings (SSSR count). The summed E-state index contributed by atoms with van der Waals surface area (Å²) in [6.07, 6.45) is 3.66. The summed E-state index contributed by atoms with van der Waals surface area (Å²) in [6, 6.07) is 0. The first-order chi connectivity index (χ1) is 8.60. The third-order valence-corrected chi connectivity index (χ3v) is 4.76. The first kappa shape index (κ1) is 14.2. The Balaban J connectivity index is 2.21. The zero-order valence-corrected chi connectivity index (χ0v) is 12.2. The quantitative estimate of drug-likeness (QED) is 0.775. The van der Waals surface area contributed by atoms with Gasteiger partial charge in [-0.05, 0) is 32.8 Å². The topological polar surface area (TPSA) is 54.5 Å². The van der Waals surface area contributed by atoms with Crippen molar-refractivity contribution in [2.45, 2.75) is 32.4 Å². The Morgan fingerprint density at radius 3 is 2.42 bits per heavy atom. The smallest absolute Gasteiger partial charge is 0.250 e. The molecule has 0 aromatic carbocycles. The van der Waals surface area contributed by atoms with Crippen LogP contribution in [0.15, 0.2) is 22.1 Å². The van der Waals surface area contributed by atoms with Crippen LogP contribution in [0.4, 0.5) is 4.39 Å². The van der Waals surface area contributed by atoms with Crippen molar-refractivity contribution in [3.05, 3.63) is 22.1 Å². The van der Waals surface area contributed by atoms with E-state index in [-0.39, 0.29) is 23.9 Å². The number of halogens is 1. The zero-order chi connectivity index (χ0) is 14.4. The fourth-order valence-electron chi connectivity index (χ4n) is 2.49. The Hall–Kier alpha value is -1.17. The number of hydrogen-bond acceptors (Lipinski definition) is 3. The van der Waals surface area contributed by atoms with Crippen molar-refractivity contribution in [1.82, 2.24) is 4.90 Å². The molecule has 0 saturated carbocycles. The Kier molecular flexibility index (Phi) is 3.33. The first-order valence-corrected chi connectivity index (χ1v) is 8.08. The largest absolute Gasteiger partial charge is 0.332 e. The van der Waals surface area contributed by atoms with E-state index in [4.69, 9.17) is 0 Å². The van der Waals surface area contributed by atoms with Crippen LogP contribution in [0.1, 0.15) is 26.7 Å². The predicted molar refractivity (Wildman–Crippen MR) is 71.0 cm³/mol. The molecule has 0 spiro atoms. The Bertz CT molecular complexity index is 579. The maximum absolute atomic E-state index is 13.4. The molecule has 19 heavy (non-hydrogen) atoms. The fraction of sp³-hybridized carbons (Fsp3) is 0.615. The lowest BCUT2D eigenvalue weighted by Crippen LogP contribution is -2.59. The van der Waals surface area contributed by atoms with Gasteiger partial charge in [0.15, 0.2) is 9.84 Å². The number of carbonyl (C=O) groups is 1. The molecular formula is C13H18FNO3S. The predicted octanol–water partition coefficient (Wildman–Crippen LogP) is 1.60. The number of alkyl halides is 1. The monoisotopic (exact) mass is 287 g/mol. The van der Waals surface area contributed by atoms with Gasteiger partial charge in [0.2, 0.25) is 5.91 Å². The van der Waals surface area contributed by atoms with E-state index >= 15 is 0 Å². The summed E-state index contributed by atoms with van der Waals surface area (Å²) in [5.41, 5.74) is -0.0736. The summed E-state index contributed by atoms with van der Waals surface area (Å²) in [4.78, 5) is 13.8. The van der Waals surface area contributed by atoms with Crippen LogP contribution in [0, 0.1) is 0 Å². The van der Waals surface area contributed by atoms with Gasteiger partial charge in [-0.15, -0.1) is 0 Å². The molecule has 4 nitrogen and oxygen atoms in total. The Morgan fingerprint density at radius 1 is 1.37 bits per heavy atom. The molecule has 1 fully saturated rings. The molecule has 0 unspecified atom stereocenters. The van der Waals surface area contributed by atoms with Gasteiger partial charge >= 0.3 is 0 Å². The minimum Gasteiger partial charge on any atom is -0.332 e. The second-order valence-electron chi connectivity index (χ2n) is 5.66. The molecule has 0 bridgehead atoms. The highest BCUT2D eigenvalue weighted by Crippen LogP contribution is 2.31. The van der Waals surface area contributed by atoms with Crippen molar-refractivity contribution in [2.24, 2.45) is 0 Å². The molecule has 0 aromatic heterocycles. The SMILES string of the molecule is CC1=C(S(C)(=O)=O)C=C(C(=O)N2CC(C)(F)C2)CC1. The minimum atomic E-state index is -3.32. The van der Waals surface area contributed by atoms with Crippen LogP contribution in [-0.2, 0) is 14.6 Å². The molecule has 0 radical (unpaired) electrons. The van der Waals surface area contributed by atoms with Crippen molar-refractivity contribution in [1.29, 1.82) is 0 Å². The Morgan fingerprint density at radius 2 is 1.95 bits per heavy atom. The summed E-state index contributed by atoms with van der Waals surface area (Å²) >= 11 is 0. The van der Waals surface area contributed by atoms with Gasteiger partial charge < -0.3 is 4.90 Å². The van der Waals surface area contributed by atoms with E-state index in [9.17, 15) is 17.6 Å². The Labute approximate surface area is 112 Å². The molecule has 1 saturated heterocycles. The van der Waals surface area contributed by atoms with E-state index in [0.29, 0.717) is 18.4 Å². The highest BCUT2D eigenvalue weighted by Gasteiger charge is 2.42. The second-order valence-corrected chi connectivity index (χ2v) is 7.65. The maximum atomic E-state index is 13.4. The number of sulfone groups is 1. The molecule has 1 aliphatic heterocycles. The number of hydrogen-bond donors (Lipinski definition) is 0. The number of carbonyl (C=O) groups excluding carboxylic acids is 1. The number of rotatable bonds is 2. The number of amides is 1. The highest BCUT2D eigenvalue weighted by atomic mass is 32.2. The van der Waals surface area contributed by atoms with Crippen LogP contribution in [0.25, 0.3) is 0 Å². The standard InChI is InChI=1S/C13H18FNO3S/c1-9-4-5-10(6-11(9)19(3,17)18)12(16)15-7-13(2,14)8-15/h6H,4-5,7-8H2,1-3H3. The van der Waals surface area contributed by atoms with Gasteiger partial charge in [-0.2, -0.15) is 0 Å². The summed E-state index contributed by atoms with van der Waals surface area (Å²) in [5, 5.41) is 0. The van der Waals surface area contributed by atoms with Crippen LogP contribution in [0.3, 0.4) is 0 Å². The van der Waals surface area contributed by atoms with Crippen LogP contribution < -0.4 is 0 Å². The normalized spacial score (nSPS) is 22.9. The van der Waals surface area contributed by atoms with Crippen molar-refractivity contribution in [3.8, 4) is 0 Å². The van der Waals surface area contributed by atoms with Crippen molar-refractivity contribution in [2.75, 3.05) is 19.3 Å². The van der Waals surface area contributed by atoms with Gasteiger partial charge in [0, 0.05) is 11.8 Å². The van der Waals surface area contributed by atoms with Crippen LogP contribution >= 0.6 is 0 Å². The molecule has 2 aliphatic rings. The second kappa shape index (κ2) is 4.44. The number of likely N-dealkylation sites (tertiary alicyclic amines) is 1. The summed E-state index contributed by atoms with van der Waals surface area (Å²) in [6.45, 7) is 3.38. The molecule has 0 atom stereocenters. The summed E-state index contributed by atoms with van der Waals surface area (Å²) in [5.74, 6) is -0.247. The molecular weight excluding hydrogens is 269 g/mol. The van der Waals surface area contributed by atoms with Gasteiger partial charge in [-0.3, -0.25) is 4.79 Å². The molecule has 6 heteroatoms. The van der Waals surface area contributed by atoms with Crippen LogP contribution in [-0.4, -0.2) is 44.2 Å². The van der Waals surface area contributed by atoms with Crippen molar-refractivity contribution >= 4 is 15.7 Å². The molecule has 1 amide bonds. The lowest BCUT2D eigenvalue weighted by atomic mass is 9.94. The van der Waals surface area contributed by atoms with Crippen LogP contribution in [0.2, 0.25) is 0 Å². The van der Waals surface area contributed by atoms with Gasteiger partial charge in [0.1, 0.15) is 5.67 Å². The van der Waals surface area contributed by atoms with E-state index in [0.717, 1.165) is 11.8 Å². The first-order valence-electron chi connectivity index (χ1n) is 6.19. The zero-order valence-electron chi connectivity index (χ0n) is 11.4. The molecule has 1 aliphatic carbocycles. The van der Waals surface area contributed by atoms with Gasteiger partial charge in [0.05, 0.1) is 18.0 Å². The van der Waals surface area contributed by atoms with E-state index in [1.54, 1.807) is 6.92 Å². The summed E-state index contributed by atoms with van der Waals surface area (Å²) in [7, 11) is -3.32. The molecule has 1 heterocycles. The molecule has 106 valence electrons. The van der Waals surface area contributed by atoms with Gasteiger partial charge in [-0.1, -0.05) is 5.57 Å². The highest BCUT2D eigenvalue weighted by molar-refractivity contribution is 7.94. The lowest BCUT2D eigenvalue weighted by molar-refractivity contribution is -0.139.